The largest absolute Gasteiger partial charge is 0.314 e. The van der Waals surface area contributed by atoms with Crippen molar-refractivity contribution in [2.75, 3.05) is 6.54 Å². The first-order valence-electron chi connectivity index (χ1n) is 6.04. The maximum Gasteiger partial charge on any atom is 0.0213 e. The lowest BCUT2D eigenvalue weighted by atomic mass is 9.93. The van der Waals surface area contributed by atoms with Crippen LogP contribution in [0, 0.1) is 5.92 Å². The molecule has 0 amide bonds. The van der Waals surface area contributed by atoms with Crippen molar-refractivity contribution in [3.63, 3.8) is 0 Å². The first-order valence-corrected chi connectivity index (χ1v) is 6.84. The minimum Gasteiger partial charge on any atom is -0.314 e. The molecule has 0 bridgehead atoms. The lowest BCUT2D eigenvalue weighted by Gasteiger charge is -2.21. The SMILES string of the molecule is CC(C)NCC1(c2ccccc2Br)CC1C. The van der Waals surface area contributed by atoms with E-state index < -0.39 is 0 Å². The van der Waals surface area contributed by atoms with E-state index in [-0.39, 0.29) is 0 Å². The molecule has 16 heavy (non-hydrogen) atoms. The second-order valence-electron chi connectivity index (χ2n) is 5.28. The van der Waals surface area contributed by atoms with Gasteiger partial charge in [0.2, 0.25) is 0 Å². The summed E-state index contributed by atoms with van der Waals surface area (Å²) >= 11 is 3.68. The minimum atomic E-state index is 0.365. The van der Waals surface area contributed by atoms with Crippen molar-refractivity contribution in [1.29, 1.82) is 0 Å². The second kappa shape index (κ2) is 4.50. The molecule has 88 valence electrons. The third kappa shape index (κ3) is 2.18. The van der Waals surface area contributed by atoms with E-state index in [1.54, 1.807) is 0 Å². The molecule has 0 spiro atoms. The maximum absolute atomic E-state index is 3.68. The van der Waals surface area contributed by atoms with Crippen molar-refractivity contribution in [3.8, 4) is 0 Å². The molecule has 2 heteroatoms. The van der Waals surface area contributed by atoms with Gasteiger partial charge in [-0.3, -0.25) is 0 Å². The van der Waals surface area contributed by atoms with E-state index in [4.69, 9.17) is 0 Å². The van der Waals surface area contributed by atoms with E-state index in [2.05, 4.69) is 66.3 Å². The van der Waals surface area contributed by atoms with E-state index in [0.29, 0.717) is 11.5 Å². The quantitative estimate of drug-likeness (QED) is 0.887. The van der Waals surface area contributed by atoms with E-state index in [1.807, 2.05) is 0 Å². The Morgan fingerprint density at radius 3 is 2.56 bits per heavy atom. The second-order valence-corrected chi connectivity index (χ2v) is 6.13. The Hall–Kier alpha value is -0.340. The predicted octanol–water partition coefficient (Wildman–Crippen LogP) is 3.72. The molecule has 1 aromatic rings. The Labute approximate surface area is 107 Å². The Morgan fingerprint density at radius 2 is 2.06 bits per heavy atom. The first kappa shape index (κ1) is 12.1. The number of halogens is 1. The molecule has 1 N–H and O–H groups in total. The van der Waals surface area contributed by atoms with Gasteiger partial charge in [0.1, 0.15) is 0 Å². The van der Waals surface area contributed by atoms with Crippen molar-refractivity contribution in [2.45, 2.75) is 38.6 Å². The van der Waals surface area contributed by atoms with Crippen LogP contribution in [0.4, 0.5) is 0 Å². The van der Waals surface area contributed by atoms with Gasteiger partial charge in [-0.25, -0.2) is 0 Å². The molecular weight excluding hydrogens is 262 g/mol. The molecule has 1 aliphatic rings. The molecule has 1 nitrogen and oxygen atoms in total. The van der Waals surface area contributed by atoms with Gasteiger partial charge in [-0.15, -0.1) is 0 Å². The number of benzene rings is 1. The zero-order valence-corrected chi connectivity index (χ0v) is 11.8. The molecular formula is C14H20BrN. The van der Waals surface area contributed by atoms with E-state index in [9.17, 15) is 0 Å². The smallest absolute Gasteiger partial charge is 0.0213 e. The van der Waals surface area contributed by atoms with E-state index >= 15 is 0 Å². The summed E-state index contributed by atoms with van der Waals surface area (Å²) in [6.07, 6.45) is 1.30. The molecule has 0 heterocycles. The van der Waals surface area contributed by atoms with E-state index in [1.165, 1.54) is 16.5 Å². The Morgan fingerprint density at radius 1 is 1.44 bits per heavy atom. The van der Waals surface area contributed by atoms with Crippen molar-refractivity contribution in [1.82, 2.24) is 5.32 Å². The fourth-order valence-electron chi connectivity index (χ4n) is 2.46. The maximum atomic E-state index is 3.68. The standard InChI is InChI=1S/C14H20BrN/c1-10(2)16-9-14(8-11(14)3)12-6-4-5-7-13(12)15/h4-7,10-11,16H,8-9H2,1-3H3. The van der Waals surface area contributed by atoms with Gasteiger partial charge in [0, 0.05) is 22.5 Å². The molecule has 1 aliphatic carbocycles. The zero-order valence-electron chi connectivity index (χ0n) is 10.3. The Kier molecular flexibility index (Phi) is 3.41. The van der Waals surface area contributed by atoms with Crippen LogP contribution in [0.25, 0.3) is 0 Å². The van der Waals surface area contributed by atoms with Crippen molar-refractivity contribution < 1.29 is 0 Å². The predicted molar refractivity (Wildman–Crippen MR) is 72.7 cm³/mol. The van der Waals surface area contributed by atoms with Gasteiger partial charge in [0.15, 0.2) is 0 Å². The van der Waals surface area contributed by atoms with Gasteiger partial charge in [-0.1, -0.05) is 54.9 Å². The lowest BCUT2D eigenvalue weighted by molar-refractivity contribution is 0.498. The van der Waals surface area contributed by atoms with Crippen LogP contribution in [-0.2, 0) is 5.41 Å². The highest BCUT2D eigenvalue weighted by atomic mass is 79.9. The molecule has 0 aliphatic heterocycles. The summed E-state index contributed by atoms with van der Waals surface area (Å²) in [5.74, 6) is 0.789. The van der Waals surface area contributed by atoms with Crippen LogP contribution in [0.5, 0.6) is 0 Å². The molecule has 1 fully saturated rings. The van der Waals surface area contributed by atoms with Gasteiger partial charge < -0.3 is 5.32 Å². The summed E-state index contributed by atoms with van der Waals surface area (Å²) in [6, 6.07) is 9.20. The topological polar surface area (TPSA) is 12.0 Å². The third-order valence-corrected chi connectivity index (χ3v) is 4.38. The Balaban J connectivity index is 2.20. The summed E-state index contributed by atoms with van der Waals surface area (Å²) in [7, 11) is 0. The molecule has 2 rings (SSSR count). The summed E-state index contributed by atoms with van der Waals surface area (Å²) in [6.45, 7) is 7.86. The molecule has 1 aromatic carbocycles. The molecule has 2 atom stereocenters. The summed E-state index contributed by atoms with van der Waals surface area (Å²) < 4.78 is 1.25. The minimum absolute atomic E-state index is 0.365. The van der Waals surface area contributed by atoms with Crippen LogP contribution >= 0.6 is 15.9 Å². The van der Waals surface area contributed by atoms with E-state index in [0.717, 1.165) is 12.5 Å². The highest BCUT2D eigenvalue weighted by Crippen LogP contribution is 2.55. The van der Waals surface area contributed by atoms with Crippen LogP contribution in [-0.4, -0.2) is 12.6 Å². The van der Waals surface area contributed by atoms with Crippen molar-refractivity contribution in [3.05, 3.63) is 34.3 Å². The molecule has 0 aromatic heterocycles. The molecule has 2 unspecified atom stereocenters. The third-order valence-electron chi connectivity index (χ3n) is 3.69. The average Bonchev–Trinajstić information content (AvgIpc) is 2.88. The van der Waals surface area contributed by atoms with Gasteiger partial charge in [-0.05, 0) is 24.0 Å². The lowest BCUT2D eigenvalue weighted by Crippen LogP contribution is -2.33. The highest BCUT2D eigenvalue weighted by Gasteiger charge is 2.52. The van der Waals surface area contributed by atoms with Crippen molar-refractivity contribution in [2.24, 2.45) is 5.92 Å². The van der Waals surface area contributed by atoms with Crippen LogP contribution in [0.1, 0.15) is 32.8 Å². The van der Waals surface area contributed by atoms with Gasteiger partial charge in [0.25, 0.3) is 0 Å². The summed E-state index contributed by atoms with van der Waals surface area (Å²) in [4.78, 5) is 0. The van der Waals surface area contributed by atoms with Gasteiger partial charge >= 0.3 is 0 Å². The first-order chi connectivity index (χ1) is 7.56. The fourth-order valence-corrected chi connectivity index (χ4v) is 3.14. The van der Waals surface area contributed by atoms with Crippen LogP contribution in [0.2, 0.25) is 0 Å². The van der Waals surface area contributed by atoms with Gasteiger partial charge in [0.05, 0.1) is 0 Å². The number of rotatable bonds is 4. The van der Waals surface area contributed by atoms with Crippen molar-refractivity contribution >= 4 is 15.9 Å². The molecule has 1 saturated carbocycles. The average molecular weight is 282 g/mol. The van der Waals surface area contributed by atoms with Crippen LogP contribution < -0.4 is 5.32 Å². The summed E-state index contributed by atoms with van der Waals surface area (Å²) in [5.41, 5.74) is 1.83. The van der Waals surface area contributed by atoms with Gasteiger partial charge in [-0.2, -0.15) is 0 Å². The normalized spacial score (nSPS) is 28.4. The Bertz CT molecular complexity index is 375. The number of nitrogens with one attached hydrogen (secondary N) is 1. The fraction of sp³-hybridized carbons (Fsp3) is 0.571. The van der Waals surface area contributed by atoms with Crippen LogP contribution in [0.15, 0.2) is 28.7 Å². The number of hydrogen-bond donors (Lipinski definition) is 1. The molecule has 0 saturated heterocycles. The zero-order chi connectivity index (χ0) is 11.8. The monoisotopic (exact) mass is 281 g/mol. The summed E-state index contributed by atoms with van der Waals surface area (Å²) in [5, 5.41) is 3.58. The highest BCUT2D eigenvalue weighted by molar-refractivity contribution is 9.10. The number of hydrogen-bond acceptors (Lipinski definition) is 1. The van der Waals surface area contributed by atoms with Crippen LogP contribution in [0.3, 0.4) is 0 Å². The molecule has 0 radical (unpaired) electrons.